The van der Waals surface area contributed by atoms with Gasteiger partial charge in [-0.25, -0.2) is 0 Å². The summed E-state index contributed by atoms with van der Waals surface area (Å²) in [5.74, 6) is 0.238. The monoisotopic (exact) mass is 485 g/mol. The Morgan fingerprint density at radius 2 is 1.50 bits per heavy atom. The zero-order chi connectivity index (χ0) is 25.3. The number of hydrogen-bond acceptors (Lipinski definition) is 4. The first-order valence-electron chi connectivity index (χ1n) is 12.2. The van der Waals surface area contributed by atoms with E-state index in [0.717, 1.165) is 16.7 Å². The third-order valence-electron chi connectivity index (χ3n) is 6.41. The predicted molar refractivity (Wildman–Crippen MR) is 139 cm³/mol. The first kappa shape index (κ1) is 25.0. The summed E-state index contributed by atoms with van der Waals surface area (Å²) in [6.45, 7) is 1.07. The third kappa shape index (κ3) is 6.50. The van der Waals surface area contributed by atoms with Gasteiger partial charge in [0.05, 0.1) is 20.1 Å². The van der Waals surface area contributed by atoms with Gasteiger partial charge < -0.3 is 20.3 Å². The van der Waals surface area contributed by atoms with E-state index in [2.05, 4.69) is 10.6 Å². The molecule has 186 valence electrons. The maximum atomic E-state index is 12.7. The van der Waals surface area contributed by atoms with Crippen molar-refractivity contribution in [3.05, 3.63) is 90.0 Å². The summed E-state index contributed by atoms with van der Waals surface area (Å²) in [6.07, 6.45) is 1.65. The molecule has 0 aliphatic carbocycles. The quantitative estimate of drug-likeness (QED) is 0.512. The topological polar surface area (TPSA) is 87.7 Å². The normalized spacial score (nSPS) is 13.6. The van der Waals surface area contributed by atoms with Gasteiger partial charge in [-0.05, 0) is 42.2 Å². The molecule has 1 aliphatic rings. The number of amides is 3. The van der Waals surface area contributed by atoms with Crippen molar-refractivity contribution in [2.45, 2.75) is 25.3 Å². The maximum absolute atomic E-state index is 12.7. The number of hydrogen-bond donors (Lipinski definition) is 2. The Morgan fingerprint density at radius 1 is 0.861 bits per heavy atom. The van der Waals surface area contributed by atoms with Gasteiger partial charge in [-0.2, -0.15) is 0 Å². The van der Waals surface area contributed by atoms with Gasteiger partial charge in [0.1, 0.15) is 5.75 Å². The Kier molecular flexibility index (Phi) is 8.34. The molecule has 1 fully saturated rings. The van der Waals surface area contributed by atoms with Crippen molar-refractivity contribution in [1.82, 2.24) is 15.5 Å². The molecule has 0 spiro atoms. The van der Waals surface area contributed by atoms with E-state index in [0.29, 0.717) is 43.7 Å². The number of nitrogens with one attached hydrogen (secondary N) is 2. The van der Waals surface area contributed by atoms with Crippen LogP contribution in [-0.2, 0) is 16.0 Å². The minimum Gasteiger partial charge on any atom is -0.496 e. The molecule has 0 unspecified atom stereocenters. The second-order valence-electron chi connectivity index (χ2n) is 8.84. The minimum atomic E-state index is -0.290. The molecule has 0 atom stereocenters. The lowest BCUT2D eigenvalue weighted by atomic mass is 10.0. The summed E-state index contributed by atoms with van der Waals surface area (Å²) in [5.41, 5.74) is 3.48. The molecule has 36 heavy (non-hydrogen) atoms. The number of rotatable bonds is 8. The van der Waals surface area contributed by atoms with E-state index in [9.17, 15) is 14.4 Å². The number of benzene rings is 3. The smallest absolute Gasteiger partial charge is 0.251 e. The van der Waals surface area contributed by atoms with Crippen LogP contribution in [0.2, 0.25) is 0 Å². The van der Waals surface area contributed by atoms with E-state index >= 15 is 0 Å². The van der Waals surface area contributed by atoms with Crippen LogP contribution in [0.3, 0.4) is 0 Å². The van der Waals surface area contributed by atoms with E-state index in [1.54, 1.807) is 19.2 Å². The number of carbonyl (C=O) groups is 3. The Labute approximate surface area is 211 Å². The van der Waals surface area contributed by atoms with Gasteiger partial charge in [0.25, 0.3) is 5.91 Å². The molecule has 7 heteroatoms. The highest BCUT2D eigenvalue weighted by molar-refractivity contribution is 5.96. The van der Waals surface area contributed by atoms with Crippen molar-refractivity contribution in [1.29, 1.82) is 0 Å². The lowest BCUT2D eigenvalue weighted by Crippen LogP contribution is -2.49. The first-order chi connectivity index (χ1) is 17.5. The van der Waals surface area contributed by atoms with Gasteiger partial charge >= 0.3 is 0 Å². The highest BCUT2D eigenvalue weighted by Gasteiger charge is 2.24. The average molecular weight is 486 g/mol. The standard InChI is InChI=1S/C29H31N3O4/c1-36-26-10-6-5-9-24(26)19-28(34)32-17-15-25(16-18-32)31-27(33)20-30-29(35)23-13-11-22(12-14-23)21-7-3-2-4-8-21/h2-14,25H,15-20H2,1H3,(H,30,35)(H,31,33). The van der Waals surface area contributed by atoms with Crippen LogP contribution in [0.25, 0.3) is 11.1 Å². The number of methoxy groups -OCH3 is 1. The van der Waals surface area contributed by atoms with Crippen LogP contribution in [0.4, 0.5) is 0 Å². The first-order valence-corrected chi connectivity index (χ1v) is 12.2. The van der Waals surface area contributed by atoms with Gasteiger partial charge in [0.15, 0.2) is 0 Å². The highest BCUT2D eigenvalue weighted by Crippen LogP contribution is 2.20. The van der Waals surface area contributed by atoms with Gasteiger partial charge in [-0.3, -0.25) is 14.4 Å². The zero-order valence-corrected chi connectivity index (χ0v) is 20.4. The Morgan fingerprint density at radius 3 is 2.19 bits per heavy atom. The molecular weight excluding hydrogens is 454 g/mol. The largest absolute Gasteiger partial charge is 0.496 e. The summed E-state index contributed by atoms with van der Waals surface area (Å²) in [7, 11) is 1.60. The van der Waals surface area contributed by atoms with E-state index in [-0.39, 0.29) is 30.3 Å². The van der Waals surface area contributed by atoms with Crippen molar-refractivity contribution < 1.29 is 19.1 Å². The number of para-hydroxylation sites is 1. The molecule has 1 heterocycles. The lowest BCUT2D eigenvalue weighted by molar-refractivity contribution is -0.131. The van der Waals surface area contributed by atoms with Gasteiger partial charge in [0.2, 0.25) is 11.8 Å². The molecule has 0 aromatic heterocycles. The Balaban J connectivity index is 1.19. The number of piperidine rings is 1. The Hall–Kier alpha value is -4.13. The molecule has 0 saturated carbocycles. The fraction of sp³-hybridized carbons (Fsp3) is 0.276. The molecule has 3 amide bonds. The fourth-order valence-electron chi connectivity index (χ4n) is 4.38. The number of nitrogens with zero attached hydrogens (tertiary/aromatic N) is 1. The van der Waals surface area contributed by atoms with Crippen LogP contribution in [0.5, 0.6) is 5.75 Å². The summed E-state index contributed by atoms with van der Waals surface area (Å²) >= 11 is 0. The number of ether oxygens (including phenoxy) is 1. The lowest BCUT2D eigenvalue weighted by Gasteiger charge is -2.32. The SMILES string of the molecule is COc1ccccc1CC(=O)N1CCC(NC(=O)CNC(=O)c2ccc(-c3ccccc3)cc2)CC1. The van der Waals surface area contributed by atoms with Crippen molar-refractivity contribution in [2.75, 3.05) is 26.7 Å². The fourth-order valence-corrected chi connectivity index (χ4v) is 4.38. The minimum absolute atomic E-state index is 0.0186. The van der Waals surface area contributed by atoms with Crippen LogP contribution < -0.4 is 15.4 Å². The van der Waals surface area contributed by atoms with Gasteiger partial charge in [0, 0.05) is 30.3 Å². The molecule has 1 saturated heterocycles. The third-order valence-corrected chi connectivity index (χ3v) is 6.41. The van der Waals surface area contributed by atoms with E-state index in [1.165, 1.54) is 0 Å². The summed E-state index contributed by atoms with van der Waals surface area (Å²) in [4.78, 5) is 39.4. The van der Waals surface area contributed by atoms with Gasteiger partial charge in [-0.1, -0.05) is 60.7 Å². The summed E-state index contributed by atoms with van der Waals surface area (Å²) in [6, 6.07) is 24.7. The van der Waals surface area contributed by atoms with Gasteiger partial charge in [-0.15, -0.1) is 0 Å². The van der Waals surface area contributed by atoms with Crippen molar-refractivity contribution in [2.24, 2.45) is 0 Å². The Bertz CT molecular complexity index is 1190. The summed E-state index contributed by atoms with van der Waals surface area (Å²) in [5, 5.41) is 5.66. The second kappa shape index (κ2) is 12.0. The van der Waals surface area contributed by atoms with Crippen LogP contribution in [0, 0.1) is 0 Å². The van der Waals surface area contributed by atoms with Crippen LogP contribution >= 0.6 is 0 Å². The molecule has 0 radical (unpaired) electrons. The van der Waals surface area contributed by atoms with E-state index < -0.39 is 0 Å². The van der Waals surface area contributed by atoms with E-state index in [4.69, 9.17) is 4.74 Å². The van der Waals surface area contributed by atoms with Crippen LogP contribution in [0.15, 0.2) is 78.9 Å². The molecule has 2 N–H and O–H groups in total. The average Bonchev–Trinajstić information content (AvgIpc) is 2.93. The number of likely N-dealkylation sites (tertiary alicyclic amines) is 1. The van der Waals surface area contributed by atoms with E-state index in [1.807, 2.05) is 71.6 Å². The zero-order valence-electron chi connectivity index (χ0n) is 20.4. The molecule has 0 bridgehead atoms. The van der Waals surface area contributed by atoms with Crippen molar-refractivity contribution in [3.63, 3.8) is 0 Å². The summed E-state index contributed by atoms with van der Waals surface area (Å²) < 4.78 is 5.34. The molecular formula is C29H31N3O4. The molecule has 4 rings (SSSR count). The molecule has 3 aromatic rings. The van der Waals surface area contributed by atoms with Crippen LogP contribution in [-0.4, -0.2) is 55.4 Å². The van der Waals surface area contributed by atoms with Crippen molar-refractivity contribution in [3.8, 4) is 16.9 Å². The molecule has 3 aromatic carbocycles. The number of carbonyl (C=O) groups excluding carboxylic acids is 3. The van der Waals surface area contributed by atoms with Crippen LogP contribution in [0.1, 0.15) is 28.8 Å². The molecule has 1 aliphatic heterocycles. The molecule has 7 nitrogen and oxygen atoms in total. The second-order valence-corrected chi connectivity index (χ2v) is 8.84. The predicted octanol–water partition coefficient (Wildman–Crippen LogP) is 3.44. The van der Waals surface area contributed by atoms with Crippen molar-refractivity contribution >= 4 is 17.7 Å². The highest BCUT2D eigenvalue weighted by atomic mass is 16.5. The maximum Gasteiger partial charge on any atom is 0.251 e.